The molecule has 1 amide bonds. The lowest BCUT2D eigenvalue weighted by Gasteiger charge is -2.22. The molecule has 6 heteroatoms. The Morgan fingerprint density at radius 1 is 1.32 bits per heavy atom. The molecule has 4 nitrogen and oxygen atoms in total. The third-order valence-electron chi connectivity index (χ3n) is 4.55. The molecule has 0 N–H and O–H groups in total. The quantitative estimate of drug-likeness (QED) is 0.661. The minimum Gasteiger partial charge on any atom is -0.376 e. The monoisotopic (exact) mass is 372 g/mol. The van der Waals surface area contributed by atoms with Crippen LogP contribution in [-0.4, -0.2) is 30.1 Å². The van der Waals surface area contributed by atoms with Crippen LogP contribution in [0.25, 0.3) is 10.2 Å². The molecule has 3 heterocycles. The van der Waals surface area contributed by atoms with Crippen molar-refractivity contribution in [1.82, 2.24) is 4.98 Å². The molecule has 0 radical (unpaired) electrons. The second-order valence-electron chi connectivity index (χ2n) is 6.40. The second kappa shape index (κ2) is 6.86. The molecule has 1 unspecified atom stereocenters. The molecule has 0 bridgehead atoms. The summed E-state index contributed by atoms with van der Waals surface area (Å²) in [5.41, 5.74) is 3.34. The van der Waals surface area contributed by atoms with Crippen molar-refractivity contribution in [1.29, 1.82) is 0 Å². The predicted molar refractivity (Wildman–Crippen MR) is 104 cm³/mol. The molecule has 1 aliphatic rings. The van der Waals surface area contributed by atoms with Crippen molar-refractivity contribution in [3.8, 4) is 0 Å². The van der Waals surface area contributed by atoms with Gasteiger partial charge in [0.25, 0.3) is 5.91 Å². The summed E-state index contributed by atoms with van der Waals surface area (Å²) in [5.74, 6) is 0.0138. The van der Waals surface area contributed by atoms with Gasteiger partial charge < -0.3 is 4.74 Å². The van der Waals surface area contributed by atoms with Crippen molar-refractivity contribution >= 4 is 43.9 Å². The van der Waals surface area contributed by atoms with Gasteiger partial charge >= 0.3 is 0 Å². The van der Waals surface area contributed by atoms with E-state index in [1.54, 1.807) is 11.3 Å². The van der Waals surface area contributed by atoms with Gasteiger partial charge in [-0.2, -0.15) is 0 Å². The molecule has 1 fully saturated rings. The molecule has 2 aromatic heterocycles. The van der Waals surface area contributed by atoms with E-state index in [4.69, 9.17) is 9.72 Å². The first kappa shape index (κ1) is 16.7. The summed E-state index contributed by atoms with van der Waals surface area (Å²) in [4.78, 5) is 20.5. The van der Waals surface area contributed by atoms with Gasteiger partial charge in [0.05, 0.1) is 27.7 Å². The highest BCUT2D eigenvalue weighted by atomic mass is 32.1. The number of anilines is 1. The molecule has 1 saturated heterocycles. The number of carbonyl (C=O) groups excluding carboxylic acids is 1. The highest BCUT2D eigenvalue weighted by Crippen LogP contribution is 2.34. The van der Waals surface area contributed by atoms with Crippen molar-refractivity contribution in [3.05, 3.63) is 45.6 Å². The molecule has 1 aliphatic heterocycles. The van der Waals surface area contributed by atoms with Gasteiger partial charge in [0.15, 0.2) is 5.13 Å². The number of fused-ring (bicyclic) bond motifs is 1. The van der Waals surface area contributed by atoms with Crippen LogP contribution in [0.4, 0.5) is 5.13 Å². The first-order valence-electron chi connectivity index (χ1n) is 8.47. The highest BCUT2D eigenvalue weighted by molar-refractivity contribution is 7.22. The Morgan fingerprint density at radius 2 is 2.16 bits per heavy atom. The van der Waals surface area contributed by atoms with E-state index in [-0.39, 0.29) is 12.0 Å². The maximum absolute atomic E-state index is 13.1. The van der Waals surface area contributed by atoms with E-state index in [9.17, 15) is 4.79 Å². The third kappa shape index (κ3) is 3.21. The van der Waals surface area contributed by atoms with Gasteiger partial charge in [0.2, 0.25) is 0 Å². The largest absolute Gasteiger partial charge is 0.376 e. The van der Waals surface area contributed by atoms with E-state index in [0.29, 0.717) is 6.54 Å². The van der Waals surface area contributed by atoms with E-state index in [1.165, 1.54) is 16.9 Å². The maximum atomic E-state index is 13.1. The zero-order valence-electron chi connectivity index (χ0n) is 14.3. The summed E-state index contributed by atoms with van der Waals surface area (Å²) in [6.45, 7) is 5.50. The van der Waals surface area contributed by atoms with Crippen LogP contribution in [0.3, 0.4) is 0 Å². The summed E-state index contributed by atoms with van der Waals surface area (Å²) in [6.07, 6.45) is 2.15. The average molecular weight is 373 g/mol. The van der Waals surface area contributed by atoms with Gasteiger partial charge in [0, 0.05) is 6.61 Å². The molecule has 1 atom stereocenters. The van der Waals surface area contributed by atoms with Gasteiger partial charge in [-0.3, -0.25) is 9.69 Å². The molecular formula is C19H20N2O2S2. The fourth-order valence-corrected chi connectivity index (χ4v) is 4.93. The number of aryl methyl sites for hydroxylation is 2. The Kier molecular flexibility index (Phi) is 4.58. The molecule has 0 aliphatic carbocycles. The standard InChI is InChI=1S/C19H20N2O2S2/c1-12-7-8-13(2)17-16(12)20-19(25-17)21(11-14-5-3-9-23-14)18(22)15-6-4-10-24-15/h4,6-8,10,14H,3,5,9,11H2,1-2H3. The first-order chi connectivity index (χ1) is 12.1. The first-order valence-corrected chi connectivity index (χ1v) is 10.2. The lowest BCUT2D eigenvalue weighted by molar-refractivity contribution is 0.0920. The minimum atomic E-state index is 0.0138. The maximum Gasteiger partial charge on any atom is 0.270 e. The van der Waals surface area contributed by atoms with Crippen molar-refractivity contribution in [3.63, 3.8) is 0 Å². The molecule has 130 valence electrons. The van der Waals surface area contributed by atoms with Crippen LogP contribution in [0.15, 0.2) is 29.6 Å². The number of ether oxygens (including phenoxy) is 1. The summed E-state index contributed by atoms with van der Waals surface area (Å²) in [6, 6.07) is 7.99. The van der Waals surface area contributed by atoms with E-state index >= 15 is 0 Å². The fourth-order valence-electron chi connectivity index (χ4n) is 3.14. The number of rotatable bonds is 4. The lowest BCUT2D eigenvalue weighted by atomic mass is 10.1. The normalized spacial score (nSPS) is 17.3. The predicted octanol–water partition coefficient (Wildman–Crippen LogP) is 4.80. The van der Waals surface area contributed by atoms with Crippen LogP contribution in [-0.2, 0) is 4.74 Å². The highest BCUT2D eigenvalue weighted by Gasteiger charge is 2.27. The van der Waals surface area contributed by atoms with Gasteiger partial charge in [-0.25, -0.2) is 4.98 Å². The van der Waals surface area contributed by atoms with E-state index < -0.39 is 0 Å². The zero-order valence-corrected chi connectivity index (χ0v) is 16.0. The summed E-state index contributed by atoms with van der Waals surface area (Å²) >= 11 is 3.07. The number of carbonyl (C=O) groups is 1. The van der Waals surface area contributed by atoms with Crippen LogP contribution in [0.2, 0.25) is 0 Å². The van der Waals surface area contributed by atoms with Gasteiger partial charge in [-0.1, -0.05) is 29.5 Å². The molecular weight excluding hydrogens is 352 g/mol. The number of aromatic nitrogens is 1. The van der Waals surface area contributed by atoms with Gasteiger partial charge in [0.1, 0.15) is 0 Å². The van der Waals surface area contributed by atoms with Crippen LogP contribution in [0.5, 0.6) is 0 Å². The van der Waals surface area contributed by atoms with Gasteiger partial charge in [-0.15, -0.1) is 11.3 Å². The Hall–Kier alpha value is -1.76. The molecule has 25 heavy (non-hydrogen) atoms. The Labute approximate surface area is 155 Å². The number of hydrogen-bond acceptors (Lipinski definition) is 5. The van der Waals surface area contributed by atoms with Crippen molar-refractivity contribution in [2.75, 3.05) is 18.1 Å². The smallest absolute Gasteiger partial charge is 0.270 e. The summed E-state index contributed by atoms with van der Waals surface area (Å²) in [7, 11) is 0. The summed E-state index contributed by atoms with van der Waals surface area (Å²) < 4.78 is 6.94. The number of hydrogen-bond donors (Lipinski definition) is 0. The number of benzene rings is 1. The van der Waals surface area contributed by atoms with Gasteiger partial charge in [-0.05, 0) is 49.3 Å². The van der Waals surface area contributed by atoms with Crippen LogP contribution in [0, 0.1) is 13.8 Å². The SMILES string of the molecule is Cc1ccc(C)c2sc(N(CC3CCCO3)C(=O)c3cccs3)nc12. The topological polar surface area (TPSA) is 42.4 Å². The number of thiazole rings is 1. The lowest BCUT2D eigenvalue weighted by Crippen LogP contribution is -2.37. The zero-order chi connectivity index (χ0) is 17.4. The van der Waals surface area contributed by atoms with Crippen molar-refractivity contribution < 1.29 is 9.53 Å². The molecule has 4 rings (SSSR count). The number of thiophene rings is 1. The summed E-state index contributed by atoms with van der Waals surface area (Å²) in [5, 5.41) is 2.70. The van der Waals surface area contributed by atoms with Crippen LogP contribution in [0.1, 0.15) is 33.6 Å². The average Bonchev–Trinajstić information content (AvgIpc) is 3.36. The van der Waals surface area contributed by atoms with Crippen molar-refractivity contribution in [2.24, 2.45) is 0 Å². The molecule has 1 aromatic carbocycles. The van der Waals surface area contributed by atoms with Crippen LogP contribution >= 0.6 is 22.7 Å². The van der Waals surface area contributed by atoms with E-state index in [1.807, 2.05) is 22.4 Å². The minimum absolute atomic E-state index is 0.0138. The fraction of sp³-hybridized carbons (Fsp3) is 0.368. The number of nitrogens with zero attached hydrogens (tertiary/aromatic N) is 2. The van der Waals surface area contributed by atoms with Crippen molar-refractivity contribution in [2.45, 2.75) is 32.8 Å². The van der Waals surface area contributed by atoms with E-state index in [0.717, 1.165) is 45.2 Å². The Bertz CT molecular complexity index is 857. The van der Waals surface area contributed by atoms with E-state index in [2.05, 4.69) is 26.0 Å². The molecule has 0 spiro atoms. The third-order valence-corrected chi connectivity index (χ3v) is 6.62. The molecule has 0 saturated carbocycles. The number of amides is 1. The Morgan fingerprint density at radius 3 is 2.84 bits per heavy atom. The van der Waals surface area contributed by atoms with Crippen LogP contribution < -0.4 is 4.90 Å². The Balaban J connectivity index is 1.75. The molecule has 3 aromatic rings. The second-order valence-corrected chi connectivity index (χ2v) is 8.33.